The summed E-state index contributed by atoms with van der Waals surface area (Å²) in [6.45, 7) is 2.83. The first-order valence-corrected chi connectivity index (χ1v) is 6.29. The van der Waals surface area contributed by atoms with Crippen molar-refractivity contribution in [3.05, 3.63) is 48.8 Å². The molecule has 0 radical (unpaired) electrons. The summed E-state index contributed by atoms with van der Waals surface area (Å²) in [6, 6.07) is 12.1. The molecule has 4 nitrogen and oxygen atoms in total. The highest BCUT2D eigenvalue weighted by atomic mass is 15.1. The fourth-order valence-corrected chi connectivity index (χ4v) is 1.97. The number of hydrogen-bond donors (Lipinski definition) is 1. The number of para-hydroxylation sites is 1. The van der Waals surface area contributed by atoms with E-state index in [1.54, 1.807) is 6.20 Å². The molecule has 0 aliphatic carbocycles. The van der Waals surface area contributed by atoms with Gasteiger partial charge in [-0.05, 0) is 25.1 Å². The SMILES string of the molecule is CCNc1nccc(-c2cnc3ccccc3c2)n1. The van der Waals surface area contributed by atoms with Gasteiger partial charge in [-0.25, -0.2) is 9.97 Å². The number of aromatic nitrogens is 3. The maximum atomic E-state index is 4.48. The second-order valence-corrected chi connectivity index (χ2v) is 4.21. The van der Waals surface area contributed by atoms with E-state index in [-0.39, 0.29) is 0 Å². The topological polar surface area (TPSA) is 50.7 Å². The fourth-order valence-electron chi connectivity index (χ4n) is 1.97. The summed E-state index contributed by atoms with van der Waals surface area (Å²) in [4.78, 5) is 13.1. The van der Waals surface area contributed by atoms with Gasteiger partial charge in [-0.1, -0.05) is 18.2 Å². The Morgan fingerprint density at radius 3 is 2.89 bits per heavy atom. The van der Waals surface area contributed by atoms with Crippen molar-refractivity contribution < 1.29 is 0 Å². The number of pyridine rings is 1. The Labute approximate surface area is 111 Å². The molecule has 0 atom stereocenters. The van der Waals surface area contributed by atoms with Crippen LogP contribution in [0.5, 0.6) is 0 Å². The van der Waals surface area contributed by atoms with E-state index in [1.165, 1.54) is 0 Å². The maximum Gasteiger partial charge on any atom is 0.223 e. The quantitative estimate of drug-likeness (QED) is 0.776. The Hall–Kier alpha value is -2.49. The van der Waals surface area contributed by atoms with E-state index in [1.807, 2.05) is 37.4 Å². The minimum Gasteiger partial charge on any atom is -0.354 e. The van der Waals surface area contributed by atoms with Crippen LogP contribution >= 0.6 is 0 Å². The molecule has 1 N–H and O–H groups in total. The predicted molar refractivity (Wildman–Crippen MR) is 76.9 cm³/mol. The first kappa shape index (κ1) is 11.6. The number of nitrogens with zero attached hydrogens (tertiary/aromatic N) is 3. The molecular formula is C15H14N4. The van der Waals surface area contributed by atoms with E-state index in [4.69, 9.17) is 0 Å². The van der Waals surface area contributed by atoms with Gasteiger partial charge in [0.1, 0.15) is 0 Å². The molecule has 94 valence electrons. The van der Waals surface area contributed by atoms with Crippen LogP contribution < -0.4 is 5.32 Å². The van der Waals surface area contributed by atoms with Gasteiger partial charge in [-0.2, -0.15) is 0 Å². The number of anilines is 1. The zero-order chi connectivity index (χ0) is 13.1. The summed E-state index contributed by atoms with van der Waals surface area (Å²) >= 11 is 0. The van der Waals surface area contributed by atoms with Crippen molar-refractivity contribution in [3.63, 3.8) is 0 Å². The van der Waals surface area contributed by atoms with Crippen LogP contribution in [0.4, 0.5) is 5.95 Å². The van der Waals surface area contributed by atoms with Crippen LogP contribution in [0.25, 0.3) is 22.2 Å². The number of hydrogen-bond acceptors (Lipinski definition) is 4. The number of nitrogens with one attached hydrogen (secondary N) is 1. The van der Waals surface area contributed by atoms with Gasteiger partial charge in [0.05, 0.1) is 11.2 Å². The van der Waals surface area contributed by atoms with Gasteiger partial charge in [0.2, 0.25) is 5.95 Å². The average molecular weight is 250 g/mol. The molecule has 1 aromatic carbocycles. The Morgan fingerprint density at radius 1 is 1.11 bits per heavy atom. The minimum absolute atomic E-state index is 0.646. The van der Waals surface area contributed by atoms with E-state index in [0.29, 0.717) is 5.95 Å². The van der Waals surface area contributed by atoms with Crippen molar-refractivity contribution in [2.75, 3.05) is 11.9 Å². The summed E-state index contributed by atoms with van der Waals surface area (Å²) in [5, 5.41) is 4.23. The van der Waals surface area contributed by atoms with Crippen LogP contribution in [0.2, 0.25) is 0 Å². The van der Waals surface area contributed by atoms with Crippen molar-refractivity contribution >= 4 is 16.9 Å². The molecule has 3 rings (SSSR count). The molecule has 0 bridgehead atoms. The molecule has 0 saturated carbocycles. The Balaban J connectivity index is 2.05. The van der Waals surface area contributed by atoms with E-state index in [0.717, 1.165) is 28.7 Å². The van der Waals surface area contributed by atoms with Crippen LogP contribution in [0.15, 0.2) is 48.8 Å². The highest BCUT2D eigenvalue weighted by Gasteiger charge is 2.03. The van der Waals surface area contributed by atoms with Gasteiger partial charge in [0, 0.05) is 29.9 Å². The van der Waals surface area contributed by atoms with E-state index >= 15 is 0 Å². The van der Waals surface area contributed by atoms with Crippen LogP contribution in [0.1, 0.15) is 6.92 Å². The summed E-state index contributed by atoms with van der Waals surface area (Å²) in [5.41, 5.74) is 2.87. The molecule has 2 heterocycles. The molecule has 0 aliphatic rings. The third-order valence-corrected chi connectivity index (χ3v) is 2.88. The third kappa shape index (κ3) is 2.38. The lowest BCUT2D eigenvalue weighted by molar-refractivity contribution is 1.09. The Kier molecular flexibility index (Phi) is 3.06. The van der Waals surface area contributed by atoms with Crippen molar-refractivity contribution in [1.29, 1.82) is 0 Å². The molecule has 3 aromatic rings. The summed E-state index contributed by atoms with van der Waals surface area (Å²) in [5.74, 6) is 0.646. The van der Waals surface area contributed by atoms with Gasteiger partial charge >= 0.3 is 0 Å². The van der Waals surface area contributed by atoms with Crippen LogP contribution in [0, 0.1) is 0 Å². The number of fused-ring (bicyclic) bond motifs is 1. The summed E-state index contributed by atoms with van der Waals surface area (Å²) in [6.07, 6.45) is 3.61. The molecule has 0 unspecified atom stereocenters. The second-order valence-electron chi connectivity index (χ2n) is 4.21. The van der Waals surface area contributed by atoms with Crippen LogP contribution in [-0.4, -0.2) is 21.5 Å². The van der Waals surface area contributed by atoms with E-state index in [2.05, 4.69) is 32.4 Å². The maximum absolute atomic E-state index is 4.48. The van der Waals surface area contributed by atoms with Gasteiger partial charge in [-0.3, -0.25) is 4.98 Å². The highest BCUT2D eigenvalue weighted by Crippen LogP contribution is 2.21. The summed E-state index contributed by atoms with van der Waals surface area (Å²) in [7, 11) is 0. The minimum atomic E-state index is 0.646. The smallest absolute Gasteiger partial charge is 0.223 e. The van der Waals surface area contributed by atoms with Crippen molar-refractivity contribution in [1.82, 2.24) is 15.0 Å². The molecule has 19 heavy (non-hydrogen) atoms. The standard InChI is InChI=1S/C15H14N4/c1-2-16-15-17-8-7-14(19-15)12-9-11-5-3-4-6-13(11)18-10-12/h3-10H,2H2,1H3,(H,16,17,19). The number of rotatable bonds is 3. The zero-order valence-electron chi connectivity index (χ0n) is 10.7. The Bertz CT molecular complexity index is 709. The lowest BCUT2D eigenvalue weighted by Crippen LogP contribution is -2.02. The normalized spacial score (nSPS) is 10.6. The second kappa shape index (κ2) is 5.02. The van der Waals surface area contributed by atoms with E-state index in [9.17, 15) is 0 Å². The van der Waals surface area contributed by atoms with Crippen molar-refractivity contribution in [2.24, 2.45) is 0 Å². The molecule has 0 aliphatic heterocycles. The molecule has 0 fully saturated rings. The largest absolute Gasteiger partial charge is 0.354 e. The van der Waals surface area contributed by atoms with Gasteiger partial charge < -0.3 is 5.32 Å². The Morgan fingerprint density at radius 2 is 2.00 bits per heavy atom. The third-order valence-electron chi connectivity index (χ3n) is 2.88. The van der Waals surface area contributed by atoms with Gasteiger partial charge in [-0.15, -0.1) is 0 Å². The fraction of sp³-hybridized carbons (Fsp3) is 0.133. The van der Waals surface area contributed by atoms with E-state index < -0.39 is 0 Å². The first-order valence-electron chi connectivity index (χ1n) is 6.29. The molecule has 4 heteroatoms. The molecule has 2 aromatic heterocycles. The molecule has 0 saturated heterocycles. The lowest BCUT2D eigenvalue weighted by atomic mass is 10.1. The first-order chi connectivity index (χ1) is 9.36. The molecular weight excluding hydrogens is 236 g/mol. The van der Waals surface area contributed by atoms with Crippen molar-refractivity contribution in [3.8, 4) is 11.3 Å². The number of benzene rings is 1. The van der Waals surface area contributed by atoms with Crippen LogP contribution in [-0.2, 0) is 0 Å². The van der Waals surface area contributed by atoms with Crippen LogP contribution in [0.3, 0.4) is 0 Å². The van der Waals surface area contributed by atoms with Gasteiger partial charge in [0.15, 0.2) is 0 Å². The molecule has 0 amide bonds. The predicted octanol–water partition coefficient (Wildman–Crippen LogP) is 3.12. The summed E-state index contributed by atoms with van der Waals surface area (Å²) < 4.78 is 0. The zero-order valence-corrected chi connectivity index (χ0v) is 10.7. The van der Waals surface area contributed by atoms with Gasteiger partial charge in [0.25, 0.3) is 0 Å². The highest BCUT2D eigenvalue weighted by molar-refractivity contribution is 5.82. The van der Waals surface area contributed by atoms with Crippen molar-refractivity contribution in [2.45, 2.75) is 6.92 Å². The average Bonchev–Trinajstić information content (AvgIpc) is 2.47. The monoisotopic (exact) mass is 250 g/mol. The molecule has 0 spiro atoms. The lowest BCUT2D eigenvalue weighted by Gasteiger charge is -2.05.